The van der Waals surface area contributed by atoms with Gasteiger partial charge in [0.15, 0.2) is 0 Å². The molecular formula is C23H30N2O3. The van der Waals surface area contributed by atoms with Crippen molar-refractivity contribution in [1.82, 2.24) is 10.6 Å². The predicted octanol–water partition coefficient (Wildman–Crippen LogP) is 3.83. The molecule has 0 radical (unpaired) electrons. The number of aliphatic hydroxyl groups is 1. The lowest BCUT2D eigenvalue weighted by atomic mass is 9.99. The molecule has 5 nitrogen and oxygen atoms in total. The topological polar surface area (TPSA) is 78.4 Å². The molecule has 0 fully saturated rings. The summed E-state index contributed by atoms with van der Waals surface area (Å²) in [6.07, 6.45) is 1.21. The fourth-order valence-electron chi connectivity index (χ4n) is 2.90. The standard InChI is InChI=1S/C23H30N2O3/c1-5-7-20(26)17-12-10-16(11-13-17)18-8-6-9-19(14-18)22(28)24-15-21(27)25-23(2,3)4/h6,8-14,20,26H,5,7,15H2,1-4H3,(H,24,28)(H,25,27)/t20-/m0/s1. The molecule has 150 valence electrons. The van der Waals surface area contributed by atoms with E-state index in [2.05, 4.69) is 10.6 Å². The second-order valence-electron chi connectivity index (χ2n) is 7.99. The number of nitrogens with one attached hydrogen (secondary N) is 2. The summed E-state index contributed by atoms with van der Waals surface area (Å²) >= 11 is 0. The minimum atomic E-state index is -0.449. The number of amides is 2. The molecule has 0 bridgehead atoms. The van der Waals surface area contributed by atoms with Crippen LogP contribution in [0.1, 0.15) is 62.6 Å². The number of carbonyl (C=O) groups excluding carboxylic acids is 2. The Bertz CT molecular complexity index is 807. The molecule has 2 aromatic carbocycles. The number of hydrogen-bond donors (Lipinski definition) is 3. The van der Waals surface area contributed by atoms with Gasteiger partial charge in [-0.2, -0.15) is 0 Å². The SMILES string of the molecule is CCC[C@H](O)c1ccc(-c2cccc(C(=O)NCC(=O)NC(C)(C)C)c2)cc1. The molecule has 28 heavy (non-hydrogen) atoms. The minimum absolute atomic E-state index is 0.0651. The van der Waals surface area contributed by atoms with Crippen molar-refractivity contribution in [2.45, 2.75) is 52.2 Å². The lowest BCUT2D eigenvalue weighted by Crippen LogP contribution is -2.45. The number of carbonyl (C=O) groups is 2. The highest BCUT2D eigenvalue weighted by Gasteiger charge is 2.15. The zero-order valence-electron chi connectivity index (χ0n) is 17.1. The summed E-state index contributed by atoms with van der Waals surface area (Å²) in [5, 5.41) is 15.6. The molecule has 2 aromatic rings. The van der Waals surface area contributed by atoms with E-state index in [0.29, 0.717) is 5.56 Å². The van der Waals surface area contributed by atoms with E-state index in [-0.39, 0.29) is 23.9 Å². The number of benzene rings is 2. The van der Waals surface area contributed by atoms with E-state index in [4.69, 9.17) is 0 Å². The third-order valence-corrected chi connectivity index (χ3v) is 4.24. The summed E-state index contributed by atoms with van der Waals surface area (Å²) in [6, 6.07) is 15.0. The average Bonchev–Trinajstić information content (AvgIpc) is 2.65. The number of aliphatic hydroxyl groups excluding tert-OH is 1. The van der Waals surface area contributed by atoms with Crippen LogP contribution in [0.15, 0.2) is 48.5 Å². The highest BCUT2D eigenvalue weighted by atomic mass is 16.3. The van der Waals surface area contributed by atoms with Crippen LogP contribution in [0.2, 0.25) is 0 Å². The lowest BCUT2D eigenvalue weighted by Gasteiger charge is -2.20. The van der Waals surface area contributed by atoms with E-state index >= 15 is 0 Å². The first-order chi connectivity index (χ1) is 13.2. The van der Waals surface area contributed by atoms with Crippen molar-refractivity contribution in [3.63, 3.8) is 0 Å². The molecule has 1 atom stereocenters. The van der Waals surface area contributed by atoms with Crippen LogP contribution in [0.3, 0.4) is 0 Å². The summed E-state index contributed by atoms with van der Waals surface area (Å²) in [5.74, 6) is -0.515. The first-order valence-electron chi connectivity index (χ1n) is 9.67. The Labute approximate surface area is 167 Å². The van der Waals surface area contributed by atoms with Gasteiger partial charge < -0.3 is 15.7 Å². The average molecular weight is 383 g/mol. The molecule has 0 heterocycles. The Hall–Kier alpha value is -2.66. The first kappa shape index (κ1) is 21.6. The van der Waals surface area contributed by atoms with Gasteiger partial charge in [0.05, 0.1) is 12.6 Å². The van der Waals surface area contributed by atoms with E-state index in [1.165, 1.54) is 0 Å². The Morgan fingerprint density at radius 2 is 1.71 bits per heavy atom. The molecule has 5 heteroatoms. The van der Waals surface area contributed by atoms with Crippen LogP contribution < -0.4 is 10.6 Å². The largest absolute Gasteiger partial charge is 0.388 e. The van der Waals surface area contributed by atoms with Crippen molar-refractivity contribution in [3.05, 3.63) is 59.7 Å². The van der Waals surface area contributed by atoms with Gasteiger partial charge in [-0.3, -0.25) is 9.59 Å². The van der Waals surface area contributed by atoms with Crippen LogP contribution >= 0.6 is 0 Å². The Kier molecular flexibility index (Phi) is 7.35. The lowest BCUT2D eigenvalue weighted by molar-refractivity contribution is -0.121. The van der Waals surface area contributed by atoms with Crippen LogP contribution in [0.4, 0.5) is 0 Å². The molecule has 0 aliphatic heterocycles. The molecule has 0 aromatic heterocycles. The van der Waals surface area contributed by atoms with Crippen molar-refractivity contribution >= 4 is 11.8 Å². The molecule has 0 saturated carbocycles. The predicted molar refractivity (Wildman–Crippen MR) is 112 cm³/mol. The summed E-state index contributed by atoms with van der Waals surface area (Å²) in [7, 11) is 0. The second-order valence-corrected chi connectivity index (χ2v) is 7.99. The molecule has 0 spiro atoms. The molecule has 2 amide bonds. The van der Waals surface area contributed by atoms with Gasteiger partial charge in [-0.25, -0.2) is 0 Å². The number of rotatable bonds is 7. The summed E-state index contributed by atoms with van der Waals surface area (Å²) in [5.41, 5.74) is 2.93. The van der Waals surface area contributed by atoms with Crippen LogP contribution in [-0.4, -0.2) is 29.0 Å². The molecule has 2 rings (SSSR count). The molecular weight excluding hydrogens is 352 g/mol. The van der Waals surface area contributed by atoms with Crippen LogP contribution in [0, 0.1) is 0 Å². The van der Waals surface area contributed by atoms with E-state index in [9.17, 15) is 14.7 Å². The molecule has 3 N–H and O–H groups in total. The van der Waals surface area contributed by atoms with Crippen LogP contribution in [-0.2, 0) is 4.79 Å². The van der Waals surface area contributed by atoms with Crippen molar-refractivity contribution in [1.29, 1.82) is 0 Å². The van der Waals surface area contributed by atoms with E-state index in [1.807, 2.05) is 64.1 Å². The smallest absolute Gasteiger partial charge is 0.251 e. The maximum Gasteiger partial charge on any atom is 0.251 e. The fraction of sp³-hybridized carbons (Fsp3) is 0.391. The molecule has 0 unspecified atom stereocenters. The Balaban J connectivity index is 2.05. The van der Waals surface area contributed by atoms with Gasteiger partial charge in [0.25, 0.3) is 5.91 Å². The van der Waals surface area contributed by atoms with Crippen molar-refractivity contribution in [3.8, 4) is 11.1 Å². The van der Waals surface area contributed by atoms with Gasteiger partial charge in [0.1, 0.15) is 0 Å². The van der Waals surface area contributed by atoms with Gasteiger partial charge in [0.2, 0.25) is 5.91 Å². The van der Waals surface area contributed by atoms with Crippen LogP contribution in [0.5, 0.6) is 0 Å². The van der Waals surface area contributed by atoms with Gasteiger partial charge in [-0.1, -0.05) is 49.7 Å². The molecule has 0 aliphatic rings. The van der Waals surface area contributed by atoms with Gasteiger partial charge >= 0.3 is 0 Å². The van der Waals surface area contributed by atoms with Gasteiger partial charge in [0, 0.05) is 11.1 Å². The molecule has 0 saturated heterocycles. The third-order valence-electron chi connectivity index (χ3n) is 4.24. The summed E-state index contributed by atoms with van der Waals surface area (Å²) in [4.78, 5) is 24.3. The third kappa shape index (κ3) is 6.50. The monoisotopic (exact) mass is 382 g/mol. The van der Waals surface area contributed by atoms with E-state index < -0.39 is 6.10 Å². The van der Waals surface area contributed by atoms with Crippen molar-refractivity contribution in [2.24, 2.45) is 0 Å². The van der Waals surface area contributed by atoms with Crippen LogP contribution in [0.25, 0.3) is 11.1 Å². The van der Waals surface area contributed by atoms with E-state index in [1.54, 1.807) is 12.1 Å². The maximum absolute atomic E-state index is 12.4. The highest BCUT2D eigenvalue weighted by molar-refractivity contribution is 5.97. The zero-order valence-corrected chi connectivity index (χ0v) is 17.1. The maximum atomic E-state index is 12.4. The minimum Gasteiger partial charge on any atom is -0.388 e. The van der Waals surface area contributed by atoms with Gasteiger partial charge in [-0.15, -0.1) is 0 Å². The highest BCUT2D eigenvalue weighted by Crippen LogP contribution is 2.24. The fourth-order valence-corrected chi connectivity index (χ4v) is 2.90. The quantitative estimate of drug-likeness (QED) is 0.681. The molecule has 0 aliphatic carbocycles. The Morgan fingerprint density at radius 3 is 2.32 bits per heavy atom. The van der Waals surface area contributed by atoms with E-state index in [0.717, 1.165) is 29.5 Å². The second kappa shape index (κ2) is 9.51. The summed E-state index contributed by atoms with van der Waals surface area (Å²) in [6.45, 7) is 7.65. The first-order valence-corrected chi connectivity index (χ1v) is 9.67. The normalized spacial score (nSPS) is 12.3. The van der Waals surface area contributed by atoms with Crippen molar-refractivity contribution < 1.29 is 14.7 Å². The zero-order chi connectivity index (χ0) is 20.7. The van der Waals surface area contributed by atoms with Crippen molar-refractivity contribution in [2.75, 3.05) is 6.54 Å². The Morgan fingerprint density at radius 1 is 1.04 bits per heavy atom. The number of hydrogen-bond acceptors (Lipinski definition) is 3. The van der Waals surface area contributed by atoms with Gasteiger partial charge in [-0.05, 0) is 56.0 Å². The summed E-state index contributed by atoms with van der Waals surface area (Å²) < 4.78 is 0.